The molecule has 1 aliphatic carbocycles. The number of rotatable bonds is 7. The van der Waals surface area contributed by atoms with Crippen LogP contribution in [0.2, 0.25) is 0 Å². The molecule has 33 heavy (non-hydrogen) atoms. The van der Waals surface area contributed by atoms with Crippen LogP contribution >= 0.6 is 0 Å². The van der Waals surface area contributed by atoms with Crippen LogP contribution in [0.15, 0.2) is 60.7 Å². The zero-order valence-corrected chi connectivity index (χ0v) is 20.5. The Morgan fingerprint density at radius 1 is 1.00 bits per heavy atom. The average molecular weight is 447 g/mol. The summed E-state index contributed by atoms with van der Waals surface area (Å²) in [6.07, 6.45) is 4.44. The van der Waals surface area contributed by atoms with Crippen molar-refractivity contribution in [2.24, 2.45) is 10.8 Å². The average Bonchev–Trinajstić information content (AvgIpc) is 3.03. The van der Waals surface area contributed by atoms with E-state index in [0.717, 1.165) is 36.9 Å². The molecule has 1 saturated carbocycles. The van der Waals surface area contributed by atoms with E-state index in [-0.39, 0.29) is 34.6 Å². The summed E-state index contributed by atoms with van der Waals surface area (Å²) in [6, 6.07) is 19.6. The highest BCUT2D eigenvalue weighted by Crippen LogP contribution is 2.52. The lowest BCUT2D eigenvalue weighted by Crippen LogP contribution is -2.52. The molecule has 0 radical (unpaired) electrons. The van der Waals surface area contributed by atoms with Crippen molar-refractivity contribution in [2.45, 2.75) is 77.8 Å². The van der Waals surface area contributed by atoms with Crippen LogP contribution in [0.4, 0.5) is 0 Å². The third-order valence-corrected chi connectivity index (χ3v) is 7.52. The van der Waals surface area contributed by atoms with Crippen molar-refractivity contribution in [3.05, 3.63) is 71.8 Å². The molecular weight excluding hydrogens is 408 g/mol. The number of amides is 2. The Kier molecular flexibility index (Phi) is 6.65. The maximum absolute atomic E-state index is 13.9. The zero-order chi connectivity index (χ0) is 23.6. The number of fused-ring (bicyclic) bond motifs is 2. The second kappa shape index (κ2) is 9.32. The first-order valence-electron chi connectivity index (χ1n) is 12.4. The van der Waals surface area contributed by atoms with Gasteiger partial charge in [-0.1, -0.05) is 88.4 Å². The summed E-state index contributed by atoms with van der Waals surface area (Å²) in [5, 5.41) is 3.17. The number of carbonyl (C=O) groups is 2. The Balaban J connectivity index is 1.57. The largest absolute Gasteiger partial charge is 0.343 e. The van der Waals surface area contributed by atoms with E-state index >= 15 is 0 Å². The van der Waals surface area contributed by atoms with Crippen LogP contribution in [-0.4, -0.2) is 35.3 Å². The van der Waals surface area contributed by atoms with Gasteiger partial charge in [-0.3, -0.25) is 9.59 Å². The lowest BCUT2D eigenvalue weighted by molar-refractivity contribution is -0.137. The molecule has 4 atom stereocenters. The molecule has 2 fully saturated rings. The minimum absolute atomic E-state index is 0.0632. The van der Waals surface area contributed by atoms with Gasteiger partial charge in [-0.25, -0.2) is 0 Å². The van der Waals surface area contributed by atoms with Crippen LogP contribution in [-0.2, 0) is 16.0 Å². The molecule has 0 aromatic heterocycles. The van der Waals surface area contributed by atoms with Crippen molar-refractivity contribution in [3.63, 3.8) is 0 Å². The maximum Gasteiger partial charge on any atom is 0.245 e. The number of nitrogens with one attached hydrogen (secondary N) is 1. The van der Waals surface area contributed by atoms with E-state index in [1.807, 2.05) is 67.6 Å². The van der Waals surface area contributed by atoms with Crippen molar-refractivity contribution in [1.82, 2.24) is 10.2 Å². The number of nitrogens with zero attached hydrogens (tertiary/aromatic N) is 1. The van der Waals surface area contributed by atoms with Crippen LogP contribution < -0.4 is 5.32 Å². The molecule has 2 aromatic carbocycles. The maximum atomic E-state index is 13.9. The van der Waals surface area contributed by atoms with E-state index in [0.29, 0.717) is 12.8 Å². The van der Waals surface area contributed by atoms with Gasteiger partial charge in [0, 0.05) is 19.0 Å². The highest BCUT2D eigenvalue weighted by molar-refractivity contribution is 5.91. The molecule has 1 saturated heterocycles. The van der Waals surface area contributed by atoms with Gasteiger partial charge in [-0.2, -0.15) is 0 Å². The summed E-state index contributed by atoms with van der Waals surface area (Å²) in [5.41, 5.74) is 2.47. The van der Waals surface area contributed by atoms with E-state index < -0.39 is 6.04 Å². The summed E-state index contributed by atoms with van der Waals surface area (Å²) >= 11 is 0. The molecular formula is C29H38N2O2. The SMILES string of the molecule is CCC(C(=O)NC(Cc1ccccc1)C(=O)N1CC2(C)CC1CC(C)(C)C2)c1ccccc1. The predicted molar refractivity (Wildman–Crippen MR) is 133 cm³/mol. The van der Waals surface area contributed by atoms with E-state index in [9.17, 15) is 9.59 Å². The van der Waals surface area contributed by atoms with Crippen molar-refractivity contribution in [2.75, 3.05) is 6.54 Å². The van der Waals surface area contributed by atoms with Gasteiger partial charge in [0.1, 0.15) is 6.04 Å². The summed E-state index contributed by atoms with van der Waals surface area (Å²) < 4.78 is 0. The van der Waals surface area contributed by atoms with Crippen LogP contribution in [0.5, 0.6) is 0 Å². The van der Waals surface area contributed by atoms with Gasteiger partial charge in [-0.15, -0.1) is 0 Å². The standard InChI is InChI=1S/C29H38N2O2/c1-5-24(22-14-10-7-11-15-22)26(32)30-25(16-21-12-8-6-9-13-21)27(33)31-20-29(4)18-23(31)17-28(2,3)19-29/h6-15,23-25H,5,16-20H2,1-4H3,(H,30,32). The Hall–Kier alpha value is -2.62. The van der Waals surface area contributed by atoms with Gasteiger partial charge in [-0.05, 0) is 47.6 Å². The molecule has 2 aliphatic rings. The van der Waals surface area contributed by atoms with Gasteiger partial charge in [0.05, 0.1) is 5.92 Å². The topological polar surface area (TPSA) is 49.4 Å². The fourth-order valence-electron chi connectivity index (χ4n) is 6.50. The molecule has 2 amide bonds. The highest BCUT2D eigenvalue weighted by atomic mass is 16.2. The quantitative estimate of drug-likeness (QED) is 0.624. The summed E-state index contributed by atoms with van der Waals surface area (Å²) in [4.78, 5) is 29.4. The molecule has 4 rings (SSSR count). The molecule has 2 aromatic rings. The van der Waals surface area contributed by atoms with E-state index in [1.54, 1.807) is 0 Å². The molecule has 1 heterocycles. The summed E-state index contributed by atoms with van der Waals surface area (Å²) in [6.45, 7) is 9.77. The van der Waals surface area contributed by atoms with Gasteiger partial charge in [0.2, 0.25) is 11.8 Å². The highest BCUT2D eigenvalue weighted by Gasteiger charge is 2.51. The molecule has 1 N–H and O–H groups in total. The fraction of sp³-hybridized carbons (Fsp3) is 0.517. The first-order chi connectivity index (χ1) is 15.7. The molecule has 1 aliphatic heterocycles. The molecule has 4 heteroatoms. The summed E-state index contributed by atoms with van der Waals surface area (Å²) in [7, 11) is 0. The summed E-state index contributed by atoms with van der Waals surface area (Å²) in [5.74, 6) is -0.250. The van der Waals surface area contributed by atoms with E-state index in [4.69, 9.17) is 0 Å². The molecule has 0 spiro atoms. The second-order valence-corrected chi connectivity index (χ2v) is 11.3. The Morgan fingerprint density at radius 3 is 2.27 bits per heavy atom. The van der Waals surface area contributed by atoms with Crippen molar-refractivity contribution < 1.29 is 9.59 Å². The van der Waals surface area contributed by atoms with Gasteiger partial charge < -0.3 is 10.2 Å². The monoisotopic (exact) mass is 446 g/mol. The van der Waals surface area contributed by atoms with Crippen LogP contribution in [0, 0.1) is 10.8 Å². The van der Waals surface area contributed by atoms with Gasteiger partial charge in [0.15, 0.2) is 0 Å². The number of hydrogen-bond donors (Lipinski definition) is 1. The minimum Gasteiger partial charge on any atom is -0.343 e. The first kappa shape index (κ1) is 23.5. The van der Waals surface area contributed by atoms with Crippen molar-refractivity contribution in [1.29, 1.82) is 0 Å². The van der Waals surface area contributed by atoms with E-state index in [2.05, 4.69) is 31.0 Å². The Bertz CT molecular complexity index is 972. The smallest absolute Gasteiger partial charge is 0.245 e. The number of carbonyl (C=O) groups excluding carboxylic acids is 2. The minimum atomic E-state index is -0.552. The van der Waals surface area contributed by atoms with Gasteiger partial charge >= 0.3 is 0 Å². The van der Waals surface area contributed by atoms with Crippen molar-refractivity contribution in [3.8, 4) is 0 Å². The third kappa shape index (κ3) is 5.31. The molecule has 2 bridgehead atoms. The number of likely N-dealkylation sites (tertiary alicyclic amines) is 1. The van der Waals surface area contributed by atoms with Crippen LogP contribution in [0.1, 0.15) is 70.4 Å². The second-order valence-electron chi connectivity index (χ2n) is 11.3. The Labute approximate surface area is 198 Å². The van der Waals surface area contributed by atoms with Crippen LogP contribution in [0.3, 0.4) is 0 Å². The number of hydrogen-bond acceptors (Lipinski definition) is 2. The lowest BCUT2D eigenvalue weighted by Gasteiger charge is -2.39. The lowest BCUT2D eigenvalue weighted by atomic mass is 9.65. The predicted octanol–water partition coefficient (Wildman–Crippen LogP) is 5.33. The molecule has 176 valence electrons. The van der Waals surface area contributed by atoms with Crippen LogP contribution in [0.25, 0.3) is 0 Å². The first-order valence-corrected chi connectivity index (χ1v) is 12.4. The Morgan fingerprint density at radius 2 is 1.64 bits per heavy atom. The fourth-order valence-corrected chi connectivity index (χ4v) is 6.50. The normalized spacial score (nSPS) is 25.3. The zero-order valence-electron chi connectivity index (χ0n) is 20.5. The van der Waals surface area contributed by atoms with E-state index in [1.165, 1.54) is 0 Å². The molecule has 4 unspecified atom stereocenters. The molecule has 4 nitrogen and oxygen atoms in total. The third-order valence-electron chi connectivity index (χ3n) is 7.52. The number of benzene rings is 2. The van der Waals surface area contributed by atoms with Gasteiger partial charge in [0.25, 0.3) is 0 Å². The van der Waals surface area contributed by atoms with Crippen molar-refractivity contribution >= 4 is 11.8 Å².